The van der Waals surface area contributed by atoms with Gasteiger partial charge in [0.2, 0.25) is 0 Å². The van der Waals surface area contributed by atoms with Crippen LogP contribution in [0.25, 0.3) is 0 Å². The third-order valence-corrected chi connectivity index (χ3v) is 4.96. The van der Waals surface area contributed by atoms with Gasteiger partial charge in [-0.05, 0) is 45.1 Å². The van der Waals surface area contributed by atoms with Crippen molar-refractivity contribution in [2.24, 2.45) is 0 Å². The molecule has 0 aliphatic heterocycles. The molecule has 1 unspecified atom stereocenters. The first-order chi connectivity index (χ1) is 10.3. The SMILES string of the molecule is CCCNC(C#N)CCSc1nnc(C2CC2)n1C1CC1. The first kappa shape index (κ1) is 14.9. The molecule has 1 N–H and O–H groups in total. The van der Waals surface area contributed by atoms with Gasteiger partial charge >= 0.3 is 0 Å². The maximum Gasteiger partial charge on any atom is 0.191 e. The molecule has 2 fully saturated rings. The molecule has 2 aliphatic carbocycles. The smallest absolute Gasteiger partial charge is 0.191 e. The minimum atomic E-state index is -0.0438. The topological polar surface area (TPSA) is 66.5 Å². The molecule has 3 rings (SSSR count). The monoisotopic (exact) mass is 305 g/mol. The van der Waals surface area contributed by atoms with E-state index in [0.29, 0.717) is 12.0 Å². The van der Waals surface area contributed by atoms with E-state index in [1.165, 1.54) is 31.5 Å². The molecular formula is C15H23N5S. The highest BCUT2D eigenvalue weighted by Crippen LogP contribution is 2.46. The highest BCUT2D eigenvalue weighted by Gasteiger charge is 2.36. The first-order valence-electron chi connectivity index (χ1n) is 8.04. The Kier molecular flexibility index (Phi) is 4.81. The van der Waals surface area contributed by atoms with Crippen LogP contribution in [0.15, 0.2) is 5.16 Å². The van der Waals surface area contributed by atoms with E-state index in [0.717, 1.165) is 30.3 Å². The predicted octanol–water partition coefficient (Wildman–Crippen LogP) is 2.86. The van der Waals surface area contributed by atoms with E-state index in [1.807, 2.05) is 0 Å². The molecule has 1 aromatic heterocycles. The van der Waals surface area contributed by atoms with Crippen molar-refractivity contribution in [3.8, 4) is 6.07 Å². The Bertz CT molecular complexity index is 513. The summed E-state index contributed by atoms with van der Waals surface area (Å²) in [6.07, 6.45) is 7.00. The lowest BCUT2D eigenvalue weighted by molar-refractivity contribution is 0.584. The molecule has 5 nitrogen and oxygen atoms in total. The predicted molar refractivity (Wildman–Crippen MR) is 83.3 cm³/mol. The zero-order chi connectivity index (χ0) is 14.7. The lowest BCUT2D eigenvalue weighted by Gasteiger charge is -2.11. The van der Waals surface area contributed by atoms with E-state index in [1.54, 1.807) is 11.8 Å². The van der Waals surface area contributed by atoms with Gasteiger partial charge in [-0.25, -0.2) is 0 Å². The van der Waals surface area contributed by atoms with Crippen molar-refractivity contribution in [2.45, 2.75) is 68.6 Å². The highest BCUT2D eigenvalue weighted by molar-refractivity contribution is 7.99. The Morgan fingerprint density at radius 2 is 2.19 bits per heavy atom. The molecule has 21 heavy (non-hydrogen) atoms. The van der Waals surface area contributed by atoms with Gasteiger partial charge in [0.1, 0.15) is 5.82 Å². The van der Waals surface area contributed by atoms with Crippen LogP contribution in [0.2, 0.25) is 0 Å². The van der Waals surface area contributed by atoms with Crippen molar-refractivity contribution in [3.05, 3.63) is 5.82 Å². The second-order valence-electron chi connectivity index (χ2n) is 5.99. The quantitative estimate of drug-likeness (QED) is 0.711. The summed E-state index contributed by atoms with van der Waals surface area (Å²) in [4.78, 5) is 0. The number of nitrogens with zero attached hydrogens (tertiary/aromatic N) is 4. The number of nitrogens with one attached hydrogen (secondary N) is 1. The van der Waals surface area contributed by atoms with Gasteiger partial charge in [0, 0.05) is 17.7 Å². The summed E-state index contributed by atoms with van der Waals surface area (Å²) < 4.78 is 2.38. The van der Waals surface area contributed by atoms with Crippen LogP contribution in [0.3, 0.4) is 0 Å². The summed E-state index contributed by atoms with van der Waals surface area (Å²) >= 11 is 1.76. The molecule has 1 heterocycles. The van der Waals surface area contributed by atoms with Gasteiger partial charge in [0.15, 0.2) is 5.16 Å². The van der Waals surface area contributed by atoms with Crippen LogP contribution < -0.4 is 5.32 Å². The van der Waals surface area contributed by atoms with E-state index in [-0.39, 0.29) is 6.04 Å². The Morgan fingerprint density at radius 1 is 1.38 bits per heavy atom. The van der Waals surface area contributed by atoms with Crippen molar-refractivity contribution in [1.82, 2.24) is 20.1 Å². The molecule has 0 saturated heterocycles. The summed E-state index contributed by atoms with van der Waals surface area (Å²) in [5.41, 5.74) is 0. The van der Waals surface area contributed by atoms with Gasteiger partial charge < -0.3 is 9.88 Å². The van der Waals surface area contributed by atoms with Gasteiger partial charge in [0.05, 0.1) is 12.1 Å². The fraction of sp³-hybridized carbons (Fsp3) is 0.800. The molecule has 6 heteroatoms. The summed E-state index contributed by atoms with van der Waals surface area (Å²) in [5.74, 6) is 2.79. The van der Waals surface area contributed by atoms with E-state index in [2.05, 4.69) is 33.1 Å². The second kappa shape index (κ2) is 6.80. The lowest BCUT2D eigenvalue weighted by Crippen LogP contribution is -2.28. The third-order valence-electron chi connectivity index (χ3n) is 3.98. The Labute approximate surface area is 130 Å². The fourth-order valence-electron chi connectivity index (χ4n) is 2.48. The highest BCUT2D eigenvalue weighted by atomic mass is 32.2. The molecule has 0 spiro atoms. The molecule has 0 radical (unpaired) electrons. The van der Waals surface area contributed by atoms with Crippen molar-refractivity contribution in [3.63, 3.8) is 0 Å². The normalized spacial score (nSPS) is 19.4. The van der Waals surface area contributed by atoms with E-state index < -0.39 is 0 Å². The lowest BCUT2D eigenvalue weighted by atomic mass is 10.2. The standard InChI is InChI=1S/C15H23N5S/c1-2-8-17-12(10-16)7-9-21-15-19-18-14(11-3-4-11)20(15)13-5-6-13/h11-13,17H,2-9H2,1H3. The van der Waals surface area contributed by atoms with Crippen molar-refractivity contribution >= 4 is 11.8 Å². The molecule has 2 aliphatic rings. The number of aromatic nitrogens is 3. The number of thioether (sulfide) groups is 1. The van der Waals surface area contributed by atoms with E-state index in [9.17, 15) is 0 Å². The maximum absolute atomic E-state index is 9.13. The first-order valence-corrected chi connectivity index (χ1v) is 9.02. The maximum atomic E-state index is 9.13. The fourth-order valence-corrected chi connectivity index (χ4v) is 3.50. The molecule has 2 saturated carbocycles. The van der Waals surface area contributed by atoms with Crippen LogP contribution in [0.1, 0.15) is 63.2 Å². The summed E-state index contributed by atoms with van der Waals surface area (Å²) in [5, 5.41) is 22.3. The van der Waals surface area contributed by atoms with Crippen LogP contribution >= 0.6 is 11.8 Å². The van der Waals surface area contributed by atoms with Crippen LogP contribution in [-0.2, 0) is 0 Å². The molecule has 0 aromatic carbocycles. The van der Waals surface area contributed by atoms with Gasteiger partial charge in [-0.3, -0.25) is 0 Å². The van der Waals surface area contributed by atoms with Gasteiger partial charge in [-0.1, -0.05) is 18.7 Å². The number of hydrogen-bond acceptors (Lipinski definition) is 5. The van der Waals surface area contributed by atoms with Gasteiger partial charge in [0.25, 0.3) is 0 Å². The minimum Gasteiger partial charge on any atom is -0.303 e. The minimum absolute atomic E-state index is 0.0438. The number of hydrogen-bond donors (Lipinski definition) is 1. The molecule has 1 atom stereocenters. The average molecular weight is 305 g/mol. The van der Waals surface area contributed by atoms with Crippen molar-refractivity contribution in [1.29, 1.82) is 5.26 Å². The van der Waals surface area contributed by atoms with Crippen LogP contribution in [0, 0.1) is 11.3 Å². The van der Waals surface area contributed by atoms with E-state index >= 15 is 0 Å². The summed E-state index contributed by atoms with van der Waals surface area (Å²) in [6.45, 7) is 3.03. The summed E-state index contributed by atoms with van der Waals surface area (Å²) in [7, 11) is 0. The van der Waals surface area contributed by atoms with E-state index in [4.69, 9.17) is 5.26 Å². The molecule has 114 valence electrons. The molecule has 0 amide bonds. The third kappa shape index (κ3) is 3.78. The largest absolute Gasteiger partial charge is 0.303 e. The molecule has 0 bridgehead atoms. The van der Waals surface area contributed by atoms with Crippen LogP contribution in [0.4, 0.5) is 0 Å². The van der Waals surface area contributed by atoms with Gasteiger partial charge in [-0.2, -0.15) is 5.26 Å². The number of rotatable bonds is 9. The molecule has 1 aromatic rings. The van der Waals surface area contributed by atoms with Gasteiger partial charge in [-0.15, -0.1) is 10.2 Å². The van der Waals surface area contributed by atoms with Crippen LogP contribution in [-0.4, -0.2) is 33.1 Å². The van der Waals surface area contributed by atoms with Crippen molar-refractivity contribution in [2.75, 3.05) is 12.3 Å². The average Bonchev–Trinajstić information content (AvgIpc) is 3.41. The summed E-state index contributed by atoms with van der Waals surface area (Å²) in [6, 6.07) is 2.94. The van der Waals surface area contributed by atoms with Crippen LogP contribution in [0.5, 0.6) is 0 Å². The Morgan fingerprint density at radius 3 is 2.81 bits per heavy atom. The Hall–Kier alpha value is -1.06. The zero-order valence-electron chi connectivity index (χ0n) is 12.6. The molecular weight excluding hydrogens is 282 g/mol. The van der Waals surface area contributed by atoms with Crippen molar-refractivity contribution < 1.29 is 0 Å². The number of nitriles is 1. The zero-order valence-corrected chi connectivity index (χ0v) is 13.4. The Balaban J connectivity index is 1.54. The second-order valence-corrected chi connectivity index (χ2v) is 7.05.